The summed E-state index contributed by atoms with van der Waals surface area (Å²) in [7, 11) is 0. The molecule has 0 unspecified atom stereocenters. The Hall–Kier alpha value is -1.78. The SMILES string of the molecule is C=C(c1ncc[nH]1)[C@@]1(C)CCCN1C(=O)OC(C)(C)C. The highest BCUT2D eigenvalue weighted by Crippen LogP contribution is 2.39. The molecule has 0 saturated carbocycles. The first-order valence-electron chi connectivity index (χ1n) is 6.94. The van der Waals surface area contributed by atoms with Gasteiger partial charge in [0.05, 0.1) is 5.54 Å². The van der Waals surface area contributed by atoms with Gasteiger partial charge in [-0.25, -0.2) is 9.78 Å². The Kier molecular flexibility index (Phi) is 3.63. The third kappa shape index (κ3) is 2.71. The molecule has 1 atom stereocenters. The minimum absolute atomic E-state index is 0.287. The lowest BCUT2D eigenvalue weighted by atomic mass is 9.89. The molecule has 0 aromatic carbocycles. The van der Waals surface area contributed by atoms with Gasteiger partial charge in [0.15, 0.2) is 0 Å². The van der Waals surface area contributed by atoms with Crippen molar-refractivity contribution < 1.29 is 9.53 Å². The number of nitrogens with one attached hydrogen (secondary N) is 1. The number of rotatable bonds is 2. The molecule has 1 saturated heterocycles. The van der Waals surface area contributed by atoms with Gasteiger partial charge in [-0.05, 0) is 40.5 Å². The zero-order valence-corrected chi connectivity index (χ0v) is 12.7. The van der Waals surface area contributed by atoms with Crippen LogP contribution in [-0.4, -0.2) is 38.6 Å². The summed E-state index contributed by atoms with van der Waals surface area (Å²) in [4.78, 5) is 21.4. The fourth-order valence-electron chi connectivity index (χ4n) is 2.57. The van der Waals surface area contributed by atoms with Crippen molar-refractivity contribution in [1.82, 2.24) is 14.9 Å². The van der Waals surface area contributed by atoms with Crippen molar-refractivity contribution in [3.63, 3.8) is 0 Å². The maximum Gasteiger partial charge on any atom is 0.411 e. The topological polar surface area (TPSA) is 58.2 Å². The highest BCUT2D eigenvalue weighted by Gasteiger charge is 2.44. The van der Waals surface area contributed by atoms with E-state index in [2.05, 4.69) is 16.5 Å². The van der Waals surface area contributed by atoms with Crippen LogP contribution in [0.3, 0.4) is 0 Å². The number of hydrogen-bond acceptors (Lipinski definition) is 3. The maximum atomic E-state index is 12.4. The van der Waals surface area contributed by atoms with Crippen LogP contribution in [0.25, 0.3) is 5.57 Å². The number of H-pyrrole nitrogens is 1. The maximum absolute atomic E-state index is 12.4. The number of aromatic nitrogens is 2. The molecule has 0 radical (unpaired) electrons. The van der Waals surface area contributed by atoms with Gasteiger partial charge in [0.2, 0.25) is 0 Å². The number of ether oxygens (including phenoxy) is 1. The lowest BCUT2D eigenvalue weighted by molar-refractivity contribution is 0.0179. The normalized spacial score (nSPS) is 22.9. The fourth-order valence-corrected chi connectivity index (χ4v) is 2.57. The van der Waals surface area contributed by atoms with Crippen LogP contribution in [0.1, 0.15) is 46.4 Å². The van der Waals surface area contributed by atoms with Crippen LogP contribution in [0.2, 0.25) is 0 Å². The van der Waals surface area contributed by atoms with Gasteiger partial charge >= 0.3 is 6.09 Å². The zero-order chi connectivity index (χ0) is 15.0. The summed E-state index contributed by atoms with van der Waals surface area (Å²) in [5, 5.41) is 0. The second-order valence-corrected chi connectivity index (χ2v) is 6.43. The number of carbonyl (C=O) groups is 1. The van der Waals surface area contributed by atoms with Gasteiger partial charge in [0.25, 0.3) is 0 Å². The third-order valence-corrected chi connectivity index (χ3v) is 3.69. The van der Waals surface area contributed by atoms with Crippen LogP contribution >= 0.6 is 0 Å². The first-order valence-corrected chi connectivity index (χ1v) is 6.94. The number of carbonyl (C=O) groups excluding carboxylic acids is 1. The number of hydrogen-bond donors (Lipinski definition) is 1. The Morgan fingerprint density at radius 3 is 2.80 bits per heavy atom. The van der Waals surface area contributed by atoms with Gasteiger partial charge in [0.1, 0.15) is 11.4 Å². The molecule has 2 rings (SSSR count). The van der Waals surface area contributed by atoms with Gasteiger partial charge in [-0.1, -0.05) is 6.58 Å². The zero-order valence-electron chi connectivity index (χ0n) is 12.7. The molecular formula is C15H23N3O2. The molecule has 1 aliphatic heterocycles. The van der Waals surface area contributed by atoms with Crippen LogP contribution < -0.4 is 0 Å². The van der Waals surface area contributed by atoms with E-state index in [9.17, 15) is 4.79 Å². The average Bonchev–Trinajstić information content (AvgIpc) is 2.94. The van der Waals surface area contributed by atoms with Crippen LogP contribution in [0.5, 0.6) is 0 Å². The van der Waals surface area contributed by atoms with Gasteiger partial charge in [-0.15, -0.1) is 0 Å². The van der Waals surface area contributed by atoms with Crippen molar-refractivity contribution >= 4 is 11.7 Å². The van der Waals surface area contributed by atoms with E-state index in [4.69, 9.17) is 4.74 Å². The Labute approximate surface area is 120 Å². The number of amides is 1. The van der Waals surface area contributed by atoms with Crippen LogP contribution in [-0.2, 0) is 4.74 Å². The molecule has 1 amide bonds. The average molecular weight is 277 g/mol. The first-order chi connectivity index (χ1) is 9.24. The van der Waals surface area contributed by atoms with Crippen molar-refractivity contribution in [2.75, 3.05) is 6.54 Å². The molecular weight excluding hydrogens is 254 g/mol. The number of imidazole rings is 1. The molecule has 0 bridgehead atoms. The second-order valence-electron chi connectivity index (χ2n) is 6.43. The predicted molar refractivity (Wildman–Crippen MR) is 78.2 cm³/mol. The predicted octanol–water partition coefficient (Wildman–Crippen LogP) is 3.21. The molecule has 1 aromatic rings. The van der Waals surface area contributed by atoms with Crippen molar-refractivity contribution in [1.29, 1.82) is 0 Å². The van der Waals surface area contributed by atoms with Crippen molar-refractivity contribution in [2.45, 2.75) is 51.7 Å². The lowest BCUT2D eigenvalue weighted by Gasteiger charge is -2.37. The Balaban J connectivity index is 2.21. The van der Waals surface area contributed by atoms with E-state index in [-0.39, 0.29) is 6.09 Å². The quantitative estimate of drug-likeness (QED) is 0.903. The standard InChI is InChI=1S/C15H23N3O2/c1-11(12-16-8-9-17-12)15(5)7-6-10-18(15)13(19)20-14(2,3)4/h8-9H,1,6-7,10H2,2-5H3,(H,16,17)/t15-/m1/s1. The van der Waals surface area contributed by atoms with Crippen molar-refractivity contribution in [3.8, 4) is 0 Å². The molecule has 0 spiro atoms. The number of aromatic amines is 1. The van der Waals surface area contributed by atoms with Crippen LogP contribution in [0.15, 0.2) is 19.0 Å². The highest BCUT2D eigenvalue weighted by molar-refractivity contribution is 5.77. The van der Waals surface area contributed by atoms with Crippen molar-refractivity contribution in [2.24, 2.45) is 0 Å². The summed E-state index contributed by atoms with van der Waals surface area (Å²) >= 11 is 0. The molecule has 1 fully saturated rings. The fraction of sp³-hybridized carbons (Fsp3) is 0.600. The van der Waals surface area contributed by atoms with Crippen LogP contribution in [0, 0.1) is 0 Å². The summed E-state index contributed by atoms with van der Waals surface area (Å²) in [6, 6.07) is 0. The van der Waals surface area contributed by atoms with Gasteiger partial charge < -0.3 is 9.72 Å². The third-order valence-electron chi connectivity index (χ3n) is 3.69. The van der Waals surface area contributed by atoms with E-state index >= 15 is 0 Å². The molecule has 5 heteroatoms. The van der Waals surface area contributed by atoms with Gasteiger partial charge in [-0.2, -0.15) is 0 Å². The van der Waals surface area contributed by atoms with E-state index in [1.807, 2.05) is 27.7 Å². The Morgan fingerprint density at radius 2 is 2.25 bits per heavy atom. The van der Waals surface area contributed by atoms with E-state index in [1.54, 1.807) is 17.3 Å². The highest BCUT2D eigenvalue weighted by atomic mass is 16.6. The molecule has 1 N–H and O–H groups in total. The second kappa shape index (κ2) is 4.96. The lowest BCUT2D eigenvalue weighted by Crippen LogP contribution is -2.47. The molecule has 20 heavy (non-hydrogen) atoms. The monoisotopic (exact) mass is 277 g/mol. The largest absolute Gasteiger partial charge is 0.444 e. The van der Waals surface area contributed by atoms with Gasteiger partial charge in [0, 0.05) is 24.5 Å². The number of nitrogens with zero attached hydrogens (tertiary/aromatic N) is 2. The summed E-state index contributed by atoms with van der Waals surface area (Å²) in [6.45, 7) is 12.5. The van der Waals surface area contributed by atoms with E-state index < -0.39 is 11.1 Å². The molecule has 0 aliphatic carbocycles. The molecule has 2 heterocycles. The van der Waals surface area contributed by atoms with E-state index in [0.29, 0.717) is 6.54 Å². The minimum atomic E-state index is -0.493. The molecule has 1 aliphatic rings. The van der Waals surface area contributed by atoms with E-state index in [0.717, 1.165) is 24.2 Å². The van der Waals surface area contributed by atoms with Crippen LogP contribution in [0.4, 0.5) is 4.79 Å². The Bertz CT molecular complexity index is 502. The van der Waals surface area contributed by atoms with Gasteiger partial charge in [-0.3, -0.25) is 4.90 Å². The molecule has 5 nitrogen and oxygen atoms in total. The summed E-state index contributed by atoms with van der Waals surface area (Å²) < 4.78 is 5.50. The first kappa shape index (κ1) is 14.6. The smallest absolute Gasteiger partial charge is 0.411 e. The molecule has 1 aromatic heterocycles. The number of likely N-dealkylation sites (tertiary alicyclic amines) is 1. The molecule has 110 valence electrons. The Morgan fingerprint density at radius 1 is 1.55 bits per heavy atom. The van der Waals surface area contributed by atoms with Crippen molar-refractivity contribution in [3.05, 3.63) is 24.8 Å². The summed E-state index contributed by atoms with van der Waals surface area (Å²) in [5.74, 6) is 0.725. The van der Waals surface area contributed by atoms with E-state index in [1.165, 1.54) is 0 Å². The minimum Gasteiger partial charge on any atom is -0.444 e. The summed E-state index contributed by atoms with van der Waals surface area (Å²) in [5.41, 5.74) is -0.113. The summed E-state index contributed by atoms with van der Waals surface area (Å²) in [6.07, 6.45) is 4.97.